The second-order valence-corrected chi connectivity index (χ2v) is 5.47. The molecule has 0 radical (unpaired) electrons. The third-order valence-corrected chi connectivity index (χ3v) is 3.68. The standard InChI is InChI=1S/C21H26F2/c1-6-10-18(11-7-2)19(14-15(4)22)16(5)21-17(8-3)12-9-13-20(21)23/h6,9-14H,7-8H2,1-5H3/b10-6-,15-14+,18-11+,19-16+. The van der Waals surface area contributed by atoms with Gasteiger partial charge < -0.3 is 0 Å². The van der Waals surface area contributed by atoms with E-state index in [0.717, 1.165) is 35.1 Å². The highest BCUT2D eigenvalue weighted by Gasteiger charge is 2.14. The van der Waals surface area contributed by atoms with Crippen LogP contribution < -0.4 is 0 Å². The van der Waals surface area contributed by atoms with Crippen molar-refractivity contribution in [2.45, 2.75) is 47.5 Å². The Kier molecular flexibility index (Phi) is 7.67. The molecule has 2 heteroatoms. The van der Waals surface area contributed by atoms with Crippen LogP contribution in [0.25, 0.3) is 5.57 Å². The van der Waals surface area contributed by atoms with E-state index in [-0.39, 0.29) is 11.6 Å². The van der Waals surface area contributed by atoms with Gasteiger partial charge in [-0.05, 0) is 68.0 Å². The second kappa shape index (κ2) is 9.24. The molecule has 0 atom stereocenters. The summed E-state index contributed by atoms with van der Waals surface area (Å²) in [7, 11) is 0. The van der Waals surface area contributed by atoms with Gasteiger partial charge in [-0.1, -0.05) is 44.2 Å². The van der Waals surface area contributed by atoms with Crippen molar-refractivity contribution in [2.75, 3.05) is 0 Å². The van der Waals surface area contributed by atoms with Gasteiger partial charge in [0.1, 0.15) is 5.82 Å². The molecule has 0 amide bonds. The van der Waals surface area contributed by atoms with Crippen LogP contribution >= 0.6 is 0 Å². The van der Waals surface area contributed by atoms with E-state index < -0.39 is 0 Å². The Labute approximate surface area is 138 Å². The number of rotatable bonds is 6. The Morgan fingerprint density at radius 3 is 2.39 bits per heavy atom. The minimum Gasteiger partial charge on any atom is -0.212 e. The molecule has 0 unspecified atom stereocenters. The van der Waals surface area contributed by atoms with E-state index in [1.54, 1.807) is 6.07 Å². The van der Waals surface area contributed by atoms with Crippen LogP contribution in [0, 0.1) is 5.82 Å². The average Bonchev–Trinajstić information content (AvgIpc) is 2.51. The minimum absolute atomic E-state index is 0.263. The molecule has 0 saturated carbocycles. The molecule has 0 fully saturated rings. The maximum absolute atomic E-state index is 14.4. The molecule has 0 heterocycles. The molecule has 0 aromatic heterocycles. The lowest BCUT2D eigenvalue weighted by molar-refractivity contribution is 0.621. The fourth-order valence-corrected chi connectivity index (χ4v) is 2.69. The summed E-state index contributed by atoms with van der Waals surface area (Å²) in [5.41, 5.74) is 3.91. The number of aryl methyl sites for hydroxylation is 1. The SMILES string of the molecule is C\C=C/C(=C\CC)C(/C=C(\C)F)=C(\C)c1c(F)cccc1CC. The smallest absolute Gasteiger partial charge is 0.130 e. The van der Waals surface area contributed by atoms with Crippen molar-refractivity contribution in [1.82, 2.24) is 0 Å². The quantitative estimate of drug-likeness (QED) is 0.498. The van der Waals surface area contributed by atoms with Crippen molar-refractivity contribution in [2.24, 2.45) is 0 Å². The van der Waals surface area contributed by atoms with Crippen LogP contribution in [0.4, 0.5) is 8.78 Å². The number of hydrogen-bond donors (Lipinski definition) is 0. The normalized spacial score (nSPS) is 14.4. The van der Waals surface area contributed by atoms with Crippen molar-refractivity contribution in [1.29, 1.82) is 0 Å². The van der Waals surface area contributed by atoms with E-state index in [2.05, 4.69) is 0 Å². The lowest BCUT2D eigenvalue weighted by Crippen LogP contribution is -1.99. The average molecular weight is 316 g/mol. The third-order valence-electron chi connectivity index (χ3n) is 3.68. The summed E-state index contributed by atoms with van der Waals surface area (Å²) in [5, 5.41) is 0. The van der Waals surface area contributed by atoms with Gasteiger partial charge in [-0.3, -0.25) is 0 Å². The summed E-state index contributed by atoms with van der Waals surface area (Å²) in [6.45, 7) is 9.22. The first-order valence-electron chi connectivity index (χ1n) is 8.11. The van der Waals surface area contributed by atoms with Gasteiger partial charge in [0.2, 0.25) is 0 Å². The van der Waals surface area contributed by atoms with Crippen molar-refractivity contribution in [3.63, 3.8) is 0 Å². The molecule has 0 spiro atoms. The highest BCUT2D eigenvalue weighted by atomic mass is 19.1. The first-order chi connectivity index (χ1) is 11.0. The predicted molar refractivity (Wildman–Crippen MR) is 96.4 cm³/mol. The van der Waals surface area contributed by atoms with Crippen molar-refractivity contribution in [3.8, 4) is 0 Å². The molecule has 23 heavy (non-hydrogen) atoms. The Morgan fingerprint density at radius 1 is 1.17 bits per heavy atom. The number of hydrogen-bond acceptors (Lipinski definition) is 0. The highest BCUT2D eigenvalue weighted by Crippen LogP contribution is 2.31. The van der Waals surface area contributed by atoms with E-state index >= 15 is 0 Å². The van der Waals surface area contributed by atoms with E-state index in [9.17, 15) is 8.78 Å². The fourth-order valence-electron chi connectivity index (χ4n) is 2.69. The third kappa shape index (κ3) is 5.02. The summed E-state index contributed by atoms with van der Waals surface area (Å²) in [5.74, 6) is -0.555. The van der Waals surface area contributed by atoms with E-state index in [1.165, 1.54) is 19.1 Å². The van der Waals surface area contributed by atoms with Crippen molar-refractivity contribution in [3.05, 3.63) is 76.4 Å². The van der Waals surface area contributed by atoms with Crippen LogP contribution in [0.3, 0.4) is 0 Å². The van der Waals surface area contributed by atoms with Crippen molar-refractivity contribution < 1.29 is 8.78 Å². The van der Waals surface area contributed by atoms with Crippen LogP contribution in [-0.2, 0) is 6.42 Å². The van der Waals surface area contributed by atoms with Crippen LogP contribution in [0.1, 0.15) is 52.2 Å². The molecule has 1 rings (SSSR count). The molecule has 1 aromatic carbocycles. The molecule has 0 saturated heterocycles. The highest BCUT2D eigenvalue weighted by molar-refractivity contribution is 5.77. The van der Waals surface area contributed by atoms with Gasteiger partial charge in [0.25, 0.3) is 0 Å². The summed E-state index contributed by atoms with van der Waals surface area (Å²) in [4.78, 5) is 0. The van der Waals surface area contributed by atoms with Gasteiger partial charge >= 0.3 is 0 Å². The molecule has 0 aliphatic carbocycles. The molecule has 1 aromatic rings. The monoisotopic (exact) mass is 316 g/mol. The van der Waals surface area contributed by atoms with E-state index in [0.29, 0.717) is 5.56 Å². The molecule has 0 nitrogen and oxygen atoms in total. The Hall–Kier alpha value is -1.96. The second-order valence-electron chi connectivity index (χ2n) is 5.47. The van der Waals surface area contributed by atoms with Crippen LogP contribution in [0.5, 0.6) is 0 Å². The zero-order chi connectivity index (χ0) is 17.4. The molecule has 0 bridgehead atoms. The van der Waals surface area contributed by atoms with E-state index in [1.807, 2.05) is 52.0 Å². The topological polar surface area (TPSA) is 0 Å². The van der Waals surface area contributed by atoms with E-state index in [4.69, 9.17) is 0 Å². The Bertz CT molecular complexity index is 654. The lowest BCUT2D eigenvalue weighted by Gasteiger charge is -2.15. The Morgan fingerprint density at radius 2 is 1.87 bits per heavy atom. The predicted octanol–water partition coefficient (Wildman–Crippen LogP) is 6.95. The summed E-state index contributed by atoms with van der Waals surface area (Å²) in [6, 6.07) is 5.10. The first kappa shape index (κ1) is 19.1. The Balaban J connectivity index is 3.73. The van der Waals surface area contributed by atoms with Crippen molar-refractivity contribution >= 4 is 5.57 Å². The van der Waals surface area contributed by atoms with Gasteiger partial charge in [0.15, 0.2) is 0 Å². The fraction of sp³-hybridized carbons (Fsp3) is 0.333. The molecule has 0 aliphatic rings. The van der Waals surface area contributed by atoms with Gasteiger partial charge in [-0.15, -0.1) is 0 Å². The maximum Gasteiger partial charge on any atom is 0.130 e. The van der Waals surface area contributed by atoms with Gasteiger partial charge in [-0.25, -0.2) is 8.78 Å². The number of benzene rings is 1. The summed E-state index contributed by atoms with van der Waals surface area (Å²) < 4.78 is 28.1. The van der Waals surface area contributed by atoms with Gasteiger partial charge in [-0.2, -0.15) is 0 Å². The summed E-state index contributed by atoms with van der Waals surface area (Å²) >= 11 is 0. The number of halogens is 2. The largest absolute Gasteiger partial charge is 0.212 e. The first-order valence-corrected chi connectivity index (χ1v) is 8.11. The van der Waals surface area contributed by atoms with Crippen LogP contribution in [0.2, 0.25) is 0 Å². The molecule has 0 N–H and O–H groups in total. The summed E-state index contributed by atoms with van der Waals surface area (Å²) in [6.07, 6.45) is 8.93. The molecular weight excluding hydrogens is 290 g/mol. The van der Waals surface area contributed by atoms with Crippen LogP contribution in [-0.4, -0.2) is 0 Å². The lowest BCUT2D eigenvalue weighted by atomic mass is 9.90. The molecular formula is C21H26F2. The minimum atomic E-state index is -0.291. The van der Waals surface area contributed by atoms with Crippen LogP contribution in [0.15, 0.2) is 59.5 Å². The zero-order valence-corrected chi connectivity index (χ0v) is 14.7. The maximum atomic E-state index is 14.4. The zero-order valence-electron chi connectivity index (χ0n) is 14.7. The van der Waals surface area contributed by atoms with Gasteiger partial charge in [0.05, 0.1) is 5.83 Å². The molecule has 124 valence electrons. The van der Waals surface area contributed by atoms with Gasteiger partial charge in [0, 0.05) is 5.56 Å². The number of allylic oxidation sites excluding steroid dienone is 8. The molecule has 0 aliphatic heterocycles.